The van der Waals surface area contributed by atoms with Gasteiger partial charge in [0.2, 0.25) is 0 Å². The van der Waals surface area contributed by atoms with Gasteiger partial charge in [-0.15, -0.1) is 0 Å². The van der Waals surface area contributed by atoms with Crippen molar-refractivity contribution >= 4 is 0 Å². The molecule has 0 amide bonds. The number of nitrogens with one attached hydrogen (secondary N) is 1. The second-order valence-corrected chi connectivity index (χ2v) is 4.71. The largest absolute Gasteiger partial charge is 0.387 e. The van der Waals surface area contributed by atoms with Crippen LogP contribution in [-0.4, -0.2) is 24.4 Å². The third kappa shape index (κ3) is 4.29. The third-order valence-electron chi connectivity index (χ3n) is 2.36. The summed E-state index contributed by atoms with van der Waals surface area (Å²) in [6.45, 7) is 3.62. The van der Waals surface area contributed by atoms with Crippen LogP contribution in [0, 0.1) is 0 Å². The molecule has 0 aliphatic carbocycles. The smallest absolute Gasteiger partial charge is 0.109 e. The molecule has 1 aromatic rings. The summed E-state index contributed by atoms with van der Waals surface area (Å²) in [5.41, 5.74) is 0.531. The highest BCUT2D eigenvalue weighted by atomic mass is 19.1. The second-order valence-electron chi connectivity index (χ2n) is 4.71. The van der Waals surface area contributed by atoms with E-state index in [9.17, 15) is 9.50 Å². The average molecular weight is 225 g/mol. The number of hydrogen-bond donors (Lipinski definition) is 2. The molecule has 0 spiro atoms. The van der Waals surface area contributed by atoms with E-state index in [1.807, 2.05) is 24.3 Å². The van der Waals surface area contributed by atoms with Gasteiger partial charge in [-0.25, -0.2) is 4.39 Å². The van der Waals surface area contributed by atoms with Crippen molar-refractivity contribution in [3.05, 3.63) is 35.4 Å². The van der Waals surface area contributed by atoms with Crippen molar-refractivity contribution in [2.45, 2.75) is 32.0 Å². The number of aliphatic hydroxyl groups excluding tert-OH is 1. The van der Waals surface area contributed by atoms with E-state index in [4.69, 9.17) is 0 Å². The van der Waals surface area contributed by atoms with E-state index in [-0.39, 0.29) is 0 Å². The molecule has 0 aliphatic rings. The van der Waals surface area contributed by atoms with Crippen LogP contribution in [0.15, 0.2) is 24.3 Å². The molecule has 0 saturated carbocycles. The van der Waals surface area contributed by atoms with Gasteiger partial charge in [0.05, 0.1) is 6.10 Å². The standard InChI is InChI=1S/C13H20FNO/c1-13(2,14)8-10-5-4-6-11(7-10)12(16)9-15-3/h4-7,12,15-16H,8-9H2,1-3H3. The SMILES string of the molecule is CNCC(O)c1cccc(CC(C)(C)F)c1. The van der Waals surface area contributed by atoms with Gasteiger partial charge in [-0.2, -0.15) is 0 Å². The lowest BCUT2D eigenvalue weighted by atomic mass is 9.97. The molecule has 1 atom stereocenters. The zero-order chi connectivity index (χ0) is 12.2. The van der Waals surface area contributed by atoms with Crippen molar-refractivity contribution in [1.29, 1.82) is 0 Å². The first-order valence-corrected chi connectivity index (χ1v) is 5.53. The van der Waals surface area contributed by atoms with Gasteiger partial charge in [-0.1, -0.05) is 24.3 Å². The minimum Gasteiger partial charge on any atom is -0.387 e. The molecule has 0 aromatic heterocycles. The van der Waals surface area contributed by atoms with E-state index >= 15 is 0 Å². The van der Waals surface area contributed by atoms with Crippen molar-refractivity contribution in [2.75, 3.05) is 13.6 Å². The topological polar surface area (TPSA) is 32.3 Å². The lowest BCUT2D eigenvalue weighted by molar-refractivity contribution is 0.177. The first-order chi connectivity index (χ1) is 7.42. The van der Waals surface area contributed by atoms with E-state index < -0.39 is 11.8 Å². The van der Waals surface area contributed by atoms with Gasteiger partial charge in [0.15, 0.2) is 0 Å². The molecule has 0 radical (unpaired) electrons. The fraction of sp³-hybridized carbons (Fsp3) is 0.538. The van der Waals surface area contributed by atoms with Crippen LogP contribution in [0.3, 0.4) is 0 Å². The van der Waals surface area contributed by atoms with Crippen LogP contribution < -0.4 is 5.32 Å². The van der Waals surface area contributed by atoms with E-state index in [0.29, 0.717) is 13.0 Å². The van der Waals surface area contributed by atoms with Crippen LogP contribution in [0.5, 0.6) is 0 Å². The van der Waals surface area contributed by atoms with Gasteiger partial charge >= 0.3 is 0 Å². The number of hydrogen-bond acceptors (Lipinski definition) is 2. The van der Waals surface area contributed by atoms with Crippen LogP contribution >= 0.6 is 0 Å². The van der Waals surface area contributed by atoms with Crippen molar-refractivity contribution in [2.24, 2.45) is 0 Å². The maximum atomic E-state index is 13.5. The Morgan fingerprint density at radius 1 is 1.44 bits per heavy atom. The summed E-state index contributed by atoms with van der Waals surface area (Å²) < 4.78 is 13.5. The van der Waals surface area contributed by atoms with Crippen molar-refractivity contribution in [3.63, 3.8) is 0 Å². The first kappa shape index (κ1) is 13.1. The molecule has 0 heterocycles. The van der Waals surface area contributed by atoms with Gasteiger partial charge in [-0.05, 0) is 32.0 Å². The number of aliphatic hydroxyl groups is 1. The summed E-state index contributed by atoms with van der Waals surface area (Å²) in [6, 6.07) is 7.46. The monoisotopic (exact) mass is 225 g/mol. The third-order valence-corrected chi connectivity index (χ3v) is 2.36. The summed E-state index contributed by atoms with van der Waals surface area (Å²) in [6.07, 6.45) is -0.166. The molecule has 2 nitrogen and oxygen atoms in total. The van der Waals surface area contributed by atoms with E-state index in [2.05, 4.69) is 5.32 Å². The molecule has 90 valence electrons. The molecular formula is C13H20FNO. The highest BCUT2D eigenvalue weighted by molar-refractivity contribution is 5.26. The van der Waals surface area contributed by atoms with Crippen molar-refractivity contribution in [1.82, 2.24) is 5.32 Å². The molecule has 1 unspecified atom stereocenters. The number of rotatable bonds is 5. The predicted molar refractivity (Wildman–Crippen MR) is 64.2 cm³/mol. The Kier molecular flexibility index (Phi) is 4.44. The Hall–Kier alpha value is -0.930. The Bertz CT molecular complexity index is 333. The molecular weight excluding hydrogens is 205 g/mol. The number of likely N-dealkylation sites (N-methyl/N-ethyl adjacent to an activating group) is 1. The summed E-state index contributed by atoms with van der Waals surface area (Å²) in [5, 5.41) is 12.7. The molecule has 0 saturated heterocycles. The summed E-state index contributed by atoms with van der Waals surface area (Å²) in [4.78, 5) is 0. The lowest BCUT2D eigenvalue weighted by Crippen LogP contribution is -2.18. The van der Waals surface area contributed by atoms with Crippen molar-refractivity contribution in [3.8, 4) is 0 Å². The highest BCUT2D eigenvalue weighted by Crippen LogP contribution is 2.20. The lowest BCUT2D eigenvalue weighted by Gasteiger charge is -2.16. The zero-order valence-electron chi connectivity index (χ0n) is 10.1. The average Bonchev–Trinajstić information content (AvgIpc) is 2.16. The predicted octanol–water partition coefficient (Wildman–Crippen LogP) is 2.23. The molecule has 0 bridgehead atoms. The summed E-state index contributed by atoms with van der Waals surface area (Å²) >= 11 is 0. The normalized spacial score (nSPS) is 13.8. The number of halogens is 1. The van der Waals surface area contributed by atoms with Crippen molar-refractivity contribution < 1.29 is 9.50 Å². The Morgan fingerprint density at radius 2 is 2.12 bits per heavy atom. The minimum absolute atomic E-state index is 0.368. The van der Waals surface area contributed by atoms with E-state index in [0.717, 1.165) is 11.1 Å². The van der Waals surface area contributed by atoms with Crippen LogP contribution in [0.4, 0.5) is 4.39 Å². The van der Waals surface area contributed by atoms with Gasteiger partial charge in [0.1, 0.15) is 5.67 Å². The molecule has 2 N–H and O–H groups in total. The van der Waals surface area contributed by atoms with Crippen LogP contribution in [0.1, 0.15) is 31.1 Å². The highest BCUT2D eigenvalue weighted by Gasteiger charge is 2.17. The van der Waals surface area contributed by atoms with Gasteiger partial charge in [-0.3, -0.25) is 0 Å². The Morgan fingerprint density at radius 3 is 2.69 bits per heavy atom. The molecule has 1 aromatic carbocycles. The van der Waals surface area contributed by atoms with Gasteiger partial charge in [0, 0.05) is 13.0 Å². The molecule has 16 heavy (non-hydrogen) atoms. The van der Waals surface area contributed by atoms with Gasteiger partial charge in [0.25, 0.3) is 0 Å². The maximum absolute atomic E-state index is 13.5. The quantitative estimate of drug-likeness (QED) is 0.805. The van der Waals surface area contributed by atoms with E-state index in [1.165, 1.54) is 0 Å². The van der Waals surface area contributed by atoms with Crippen LogP contribution in [0.2, 0.25) is 0 Å². The maximum Gasteiger partial charge on any atom is 0.109 e. The van der Waals surface area contributed by atoms with Crippen LogP contribution in [-0.2, 0) is 6.42 Å². The molecule has 0 fully saturated rings. The number of alkyl halides is 1. The molecule has 1 rings (SSSR count). The van der Waals surface area contributed by atoms with Gasteiger partial charge < -0.3 is 10.4 Å². The molecule has 0 aliphatic heterocycles. The summed E-state index contributed by atoms with van der Waals surface area (Å²) in [5.74, 6) is 0. The fourth-order valence-electron chi connectivity index (χ4n) is 1.71. The second kappa shape index (κ2) is 5.41. The minimum atomic E-state index is -1.22. The molecule has 3 heteroatoms. The first-order valence-electron chi connectivity index (χ1n) is 5.53. The van der Waals surface area contributed by atoms with E-state index in [1.54, 1.807) is 20.9 Å². The Labute approximate surface area is 96.5 Å². The van der Waals surface area contributed by atoms with Crippen LogP contribution in [0.25, 0.3) is 0 Å². The summed E-state index contributed by atoms with van der Waals surface area (Å²) in [7, 11) is 1.79. The Balaban J connectivity index is 2.78. The zero-order valence-corrected chi connectivity index (χ0v) is 10.1. The number of benzene rings is 1. The fourth-order valence-corrected chi connectivity index (χ4v) is 1.71.